The van der Waals surface area contributed by atoms with Crippen LogP contribution in [0.25, 0.3) is 10.4 Å². The molecule has 0 spiro atoms. The lowest BCUT2D eigenvalue weighted by molar-refractivity contribution is -0.117. The zero-order chi connectivity index (χ0) is 13.1. The van der Waals surface area contributed by atoms with Crippen molar-refractivity contribution in [2.24, 2.45) is 11.0 Å². The van der Waals surface area contributed by atoms with Gasteiger partial charge in [-0.2, -0.15) is 0 Å². The fourth-order valence-electron chi connectivity index (χ4n) is 1.89. The van der Waals surface area contributed by atoms with E-state index in [2.05, 4.69) is 46.9 Å². The first kappa shape index (κ1) is 13.3. The molecule has 0 aliphatic carbocycles. The molecule has 18 heavy (non-hydrogen) atoms. The molecular weight excluding hydrogens is 366 g/mol. The number of pyridine rings is 1. The van der Waals surface area contributed by atoms with Crippen LogP contribution >= 0.6 is 31.9 Å². The Balaban J connectivity index is 2.18. The van der Waals surface area contributed by atoms with Crippen molar-refractivity contribution in [2.75, 3.05) is 18.0 Å². The molecule has 1 aromatic rings. The van der Waals surface area contributed by atoms with Crippen molar-refractivity contribution in [3.05, 3.63) is 31.8 Å². The Labute approximate surface area is 120 Å². The molecule has 0 aromatic carbocycles. The molecule has 0 saturated carbocycles. The Hall–Kier alpha value is -1.11. The van der Waals surface area contributed by atoms with E-state index in [4.69, 9.17) is 5.53 Å². The average molecular weight is 375 g/mol. The third-order valence-electron chi connectivity index (χ3n) is 2.69. The molecule has 6 nitrogen and oxygen atoms in total. The highest BCUT2D eigenvalue weighted by Crippen LogP contribution is 2.31. The monoisotopic (exact) mass is 373 g/mol. The number of hydrogen-bond donors (Lipinski definition) is 0. The van der Waals surface area contributed by atoms with Crippen LogP contribution in [0.15, 0.2) is 26.5 Å². The summed E-state index contributed by atoms with van der Waals surface area (Å²) in [6.07, 6.45) is 0.404. The van der Waals surface area contributed by atoms with E-state index >= 15 is 0 Å². The maximum atomic E-state index is 11.9. The van der Waals surface area contributed by atoms with Crippen molar-refractivity contribution < 1.29 is 4.79 Å². The van der Waals surface area contributed by atoms with Crippen LogP contribution < -0.4 is 4.90 Å². The van der Waals surface area contributed by atoms with Crippen molar-refractivity contribution in [1.82, 2.24) is 4.98 Å². The first-order valence-corrected chi connectivity index (χ1v) is 6.83. The zero-order valence-electron chi connectivity index (χ0n) is 9.25. The number of nitrogens with zero attached hydrogens (tertiary/aromatic N) is 5. The van der Waals surface area contributed by atoms with Gasteiger partial charge in [0.25, 0.3) is 0 Å². The van der Waals surface area contributed by atoms with Gasteiger partial charge in [0, 0.05) is 24.4 Å². The molecular formula is C10H9Br2N5O. The van der Waals surface area contributed by atoms with E-state index in [0.717, 1.165) is 5.69 Å². The van der Waals surface area contributed by atoms with Gasteiger partial charge in [-0.15, -0.1) is 0 Å². The van der Waals surface area contributed by atoms with Gasteiger partial charge in [-0.05, 0) is 55.4 Å². The molecule has 1 aliphatic heterocycles. The number of azide groups is 1. The van der Waals surface area contributed by atoms with Gasteiger partial charge in [0.05, 0.1) is 5.69 Å². The van der Waals surface area contributed by atoms with Gasteiger partial charge >= 0.3 is 0 Å². The van der Waals surface area contributed by atoms with Crippen molar-refractivity contribution >= 4 is 43.5 Å². The predicted molar refractivity (Wildman–Crippen MR) is 74.1 cm³/mol. The largest absolute Gasteiger partial charge is 0.310 e. The molecule has 8 heteroatoms. The highest BCUT2D eigenvalue weighted by Gasteiger charge is 2.31. The topological polar surface area (TPSA) is 82.0 Å². The molecule has 1 unspecified atom stereocenters. The highest BCUT2D eigenvalue weighted by molar-refractivity contribution is 9.11. The van der Waals surface area contributed by atoms with E-state index in [1.807, 2.05) is 6.07 Å². The van der Waals surface area contributed by atoms with Crippen LogP contribution in [0, 0.1) is 5.92 Å². The standard InChI is InChI=1S/C10H9Br2N5O/c11-8-2-1-7(10(12)15-8)17-5-6(3-9(17)18)4-14-16-13/h1-2,6H,3-5H2. The number of hydrogen-bond acceptors (Lipinski definition) is 3. The summed E-state index contributed by atoms with van der Waals surface area (Å²) >= 11 is 6.61. The minimum Gasteiger partial charge on any atom is -0.310 e. The zero-order valence-corrected chi connectivity index (χ0v) is 12.4. The number of amides is 1. The number of aromatic nitrogens is 1. The summed E-state index contributed by atoms with van der Waals surface area (Å²) in [6.45, 7) is 0.903. The smallest absolute Gasteiger partial charge is 0.227 e. The van der Waals surface area contributed by atoms with Crippen molar-refractivity contribution in [3.63, 3.8) is 0 Å². The quantitative estimate of drug-likeness (QED) is 0.352. The second-order valence-electron chi connectivity index (χ2n) is 3.93. The van der Waals surface area contributed by atoms with Gasteiger partial charge in [-0.1, -0.05) is 5.11 Å². The van der Waals surface area contributed by atoms with Gasteiger partial charge in [0.15, 0.2) is 0 Å². The number of carbonyl (C=O) groups excluding carboxylic acids is 1. The van der Waals surface area contributed by atoms with Crippen LogP contribution in [0.5, 0.6) is 0 Å². The Morgan fingerprint density at radius 3 is 3.00 bits per heavy atom. The third kappa shape index (κ3) is 2.82. The minimum atomic E-state index is 0.0259. The van der Waals surface area contributed by atoms with Crippen LogP contribution in [0.2, 0.25) is 0 Å². The van der Waals surface area contributed by atoms with E-state index in [9.17, 15) is 4.79 Å². The van der Waals surface area contributed by atoms with Crippen LogP contribution in [-0.2, 0) is 4.79 Å². The molecule has 0 N–H and O–H groups in total. The van der Waals surface area contributed by atoms with E-state index in [1.165, 1.54) is 0 Å². The lowest BCUT2D eigenvalue weighted by atomic mass is 10.1. The summed E-state index contributed by atoms with van der Waals surface area (Å²) in [6, 6.07) is 3.61. The van der Waals surface area contributed by atoms with Crippen molar-refractivity contribution in [3.8, 4) is 0 Å². The second-order valence-corrected chi connectivity index (χ2v) is 5.50. The molecule has 1 aromatic heterocycles. The average Bonchev–Trinajstić information content (AvgIpc) is 2.68. The van der Waals surface area contributed by atoms with Crippen molar-refractivity contribution in [1.29, 1.82) is 0 Å². The first-order valence-electron chi connectivity index (χ1n) is 5.25. The summed E-state index contributed by atoms with van der Waals surface area (Å²) in [5, 5.41) is 3.52. The maximum Gasteiger partial charge on any atom is 0.227 e. The van der Waals surface area contributed by atoms with Gasteiger partial charge in [0.2, 0.25) is 5.91 Å². The number of rotatable bonds is 3. The third-order valence-corrected chi connectivity index (χ3v) is 3.72. The fraction of sp³-hybridized carbons (Fsp3) is 0.400. The molecule has 1 aliphatic rings. The Kier molecular flexibility index (Phi) is 4.21. The summed E-state index contributed by atoms with van der Waals surface area (Å²) in [4.78, 5) is 20.5. The van der Waals surface area contributed by atoms with Gasteiger partial charge in [0.1, 0.15) is 9.21 Å². The van der Waals surface area contributed by atoms with E-state index < -0.39 is 0 Å². The normalized spacial score (nSPS) is 18.9. The minimum absolute atomic E-state index is 0.0259. The van der Waals surface area contributed by atoms with Gasteiger partial charge < -0.3 is 4.90 Å². The van der Waals surface area contributed by atoms with Crippen LogP contribution in [0.3, 0.4) is 0 Å². The summed E-state index contributed by atoms with van der Waals surface area (Å²) in [7, 11) is 0. The Morgan fingerprint density at radius 1 is 1.56 bits per heavy atom. The highest BCUT2D eigenvalue weighted by atomic mass is 79.9. The Morgan fingerprint density at radius 2 is 2.33 bits per heavy atom. The SMILES string of the molecule is [N-]=[N+]=NCC1CC(=O)N(c2ccc(Br)nc2Br)C1. The second kappa shape index (κ2) is 5.69. The number of halogens is 2. The first-order chi connectivity index (χ1) is 8.61. The lowest BCUT2D eigenvalue weighted by Gasteiger charge is -2.17. The lowest BCUT2D eigenvalue weighted by Crippen LogP contribution is -2.25. The maximum absolute atomic E-state index is 11.9. The van der Waals surface area contributed by atoms with E-state index in [0.29, 0.717) is 28.7 Å². The van der Waals surface area contributed by atoms with E-state index in [-0.39, 0.29) is 11.8 Å². The van der Waals surface area contributed by atoms with Crippen molar-refractivity contribution in [2.45, 2.75) is 6.42 Å². The summed E-state index contributed by atoms with van der Waals surface area (Å²) < 4.78 is 1.32. The molecule has 1 atom stereocenters. The Bertz CT molecular complexity index is 529. The fourth-order valence-corrected chi connectivity index (χ4v) is 2.98. The summed E-state index contributed by atoms with van der Waals surface area (Å²) in [5.74, 6) is 0.0990. The van der Waals surface area contributed by atoms with Crippen LogP contribution in [0.4, 0.5) is 5.69 Å². The molecule has 1 fully saturated rings. The molecule has 2 heterocycles. The van der Waals surface area contributed by atoms with Crippen LogP contribution in [-0.4, -0.2) is 24.0 Å². The summed E-state index contributed by atoms with van der Waals surface area (Å²) in [5.41, 5.74) is 9.03. The molecule has 1 saturated heterocycles. The molecule has 1 amide bonds. The molecule has 2 rings (SSSR count). The van der Waals surface area contributed by atoms with E-state index in [1.54, 1.807) is 11.0 Å². The number of anilines is 1. The predicted octanol–water partition coefficient (Wildman–Crippen LogP) is 3.27. The molecule has 0 bridgehead atoms. The van der Waals surface area contributed by atoms with Gasteiger partial charge in [-0.25, -0.2) is 4.98 Å². The molecule has 94 valence electrons. The molecule has 0 radical (unpaired) electrons. The van der Waals surface area contributed by atoms with Crippen LogP contribution in [0.1, 0.15) is 6.42 Å². The van der Waals surface area contributed by atoms with Gasteiger partial charge in [-0.3, -0.25) is 4.79 Å². The number of carbonyl (C=O) groups is 1.